The van der Waals surface area contributed by atoms with Crippen LogP contribution in [-0.2, 0) is 67.0 Å². The van der Waals surface area contributed by atoms with E-state index in [0.29, 0.717) is 77.3 Å². The molecular formula is C124H152N8O6S6. The largest absolute Gasteiger partial charge is 0.507 e. The Morgan fingerprint density at radius 2 is 0.444 bits per heavy atom. The smallest absolute Gasteiger partial charge is 0.162 e. The summed E-state index contributed by atoms with van der Waals surface area (Å²) in [6, 6.07) is 57.9. The van der Waals surface area contributed by atoms with E-state index in [1.165, 1.54) is 158 Å². The minimum Gasteiger partial charge on any atom is -0.507 e. The van der Waals surface area contributed by atoms with Crippen molar-refractivity contribution in [1.82, 2.24) is 39.0 Å². The number of benzene rings is 8. The van der Waals surface area contributed by atoms with Crippen LogP contribution in [0.2, 0.25) is 0 Å². The number of phenols is 6. The molecular weight excluding hydrogens is 1890 g/mol. The summed E-state index contributed by atoms with van der Waals surface area (Å²) in [7, 11) is 0. The van der Waals surface area contributed by atoms with Gasteiger partial charge in [0, 0.05) is 172 Å². The van der Waals surface area contributed by atoms with Crippen molar-refractivity contribution in [3.05, 3.63) is 299 Å². The van der Waals surface area contributed by atoms with E-state index in [9.17, 15) is 30.6 Å². The number of hydrogen-bond acceptors (Lipinski definition) is 18. The van der Waals surface area contributed by atoms with Gasteiger partial charge >= 0.3 is 0 Å². The average Bonchev–Trinajstić information content (AvgIpc) is 1.60. The van der Waals surface area contributed by atoms with Gasteiger partial charge in [-0.2, -0.15) is 70.6 Å². The lowest BCUT2D eigenvalue weighted by Gasteiger charge is -2.30. The molecule has 3 fully saturated rings. The zero-order valence-corrected chi connectivity index (χ0v) is 93.0. The van der Waals surface area contributed by atoms with Gasteiger partial charge < -0.3 is 39.8 Å². The van der Waals surface area contributed by atoms with E-state index >= 15 is 0 Å². The molecule has 0 spiro atoms. The Morgan fingerprint density at radius 1 is 0.236 bits per heavy atom. The normalized spacial score (nSPS) is 17.7. The van der Waals surface area contributed by atoms with Crippen LogP contribution in [-0.4, -0.2) is 101 Å². The molecule has 0 radical (unpaired) electrons. The van der Waals surface area contributed by atoms with E-state index in [0.717, 1.165) is 115 Å². The first-order valence-electron chi connectivity index (χ1n) is 52.1. The van der Waals surface area contributed by atoms with Gasteiger partial charge in [0.25, 0.3) is 0 Å². The van der Waals surface area contributed by atoms with Gasteiger partial charge in [0.1, 0.15) is 34.5 Å². The molecule has 8 aromatic carbocycles. The Kier molecular flexibility index (Phi) is 36.1. The zero-order valence-electron chi connectivity index (χ0n) is 88.1. The zero-order chi connectivity index (χ0) is 102. The first kappa shape index (κ1) is 108. The molecule has 17 rings (SSSR count). The van der Waals surface area contributed by atoms with Gasteiger partial charge in [-0.05, 0) is 199 Å². The molecule has 6 atom stereocenters. The summed E-state index contributed by atoms with van der Waals surface area (Å²) in [6.45, 7) is 40.1. The van der Waals surface area contributed by atoms with Crippen LogP contribution >= 0.6 is 70.6 Å². The number of aromatic nitrogens is 8. The molecule has 0 amide bonds. The third-order valence-electron chi connectivity index (χ3n) is 28.6. The maximum absolute atomic E-state index is 11.8. The van der Waals surface area contributed by atoms with Gasteiger partial charge in [0.15, 0.2) is 11.6 Å². The fraction of sp³-hybridized carbons (Fsp3) is 0.435. The molecule has 6 aromatic heterocycles. The third-order valence-corrected chi connectivity index (χ3v) is 37.9. The molecule has 14 aromatic rings. The third kappa shape index (κ3) is 28.0. The molecule has 6 unspecified atom stereocenters. The Balaban J connectivity index is 0.000000163. The van der Waals surface area contributed by atoms with Crippen molar-refractivity contribution in [3.8, 4) is 91.2 Å². The lowest BCUT2D eigenvalue weighted by atomic mass is 9.84. The highest BCUT2D eigenvalue weighted by molar-refractivity contribution is 8.04. The lowest BCUT2D eigenvalue weighted by molar-refractivity contribution is 0.465. The highest BCUT2D eigenvalue weighted by Gasteiger charge is 2.35. The molecule has 3 aliphatic carbocycles. The van der Waals surface area contributed by atoms with Crippen molar-refractivity contribution >= 4 is 92.1 Å². The predicted molar refractivity (Wildman–Crippen MR) is 617 cm³/mol. The summed E-state index contributed by atoms with van der Waals surface area (Å²) in [5.74, 6) is 7.59. The van der Waals surface area contributed by atoms with Crippen LogP contribution in [0.15, 0.2) is 232 Å². The molecule has 760 valence electrons. The highest BCUT2D eigenvalue weighted by Crippen LogP contribution is 2.51. The lowest BCUT2D eigenvalue weighted by Crippen LogP contribution is -2.22. The number of rotatable bonds is 24. The summed E-state index contributed by atoms with van der Waals surface area (Å²) in [4.78, 5) is 27.0. The summed E-state index contributed by atoms with van der Waals surface area (Å²) in [6.07, 6.45) is 41.0. The van der Waals surface area contributed by atoms with Crippen molar-refractivity contribution in [2.75, 3.05) is 0 Å². The van der Waals surface area contributed by atoms with Crippen molar-refractivity contribution in [2.24, 2.45) is 0 Å². The topological polar surface area (TPSA) is 209 Å². The van der Waals surface area contributed by atoms with Crippen LogP contribution in [0.4, 0.5) is 0 Å². The summed E-state index contributed by atoms with van der Waals surface area (Å²) >= 11 is 11.9. The summed E-state index contributed by atoms with van der Waals surface area (Å²) < 4.78 is 4.20. The SMILES string of the molecule is CC(C)(C)c1cc(CSC2CCCCCCC2SCc2cc(C(C)(C)C)cc(-c3ccccn3)c2O)c(O)c(-c2ccccn2)c1.CC(C)(C)c1cc(CSC2CCCCCCC2SCc2cc(C(C)(C)C)cc(-c3ncccn3)c2O)c(O)c(-c2ncccn2)c1.CC(C)(C)c1cc(CSC2CCCCCCC2SCc2cc(C(C)(C)C)cc(-n3cc4ccccc4c3)c2O)c(O)c(-n2cc3ccccc3c2)c1. The van der Waals surface area contributed by atoms with Gasteiger partial charge in [-0.3, -0.25) is 9.97 Å². The van der Waals surface area contributed by atoms with E-state index in [1.54, 1.807) is 49.3 Å². The van der Waals surface area contributed by atoms with Crippen LogP contribution in [0.3, 0.4) is 0 Å². The van der Waals surface area contributed by atoms with Gasteiger partial charge in [-0.1, -0.05) is 299 Å². The summed E-state index contributed by atoms with van der Waals surface area (Å²) in [5, 5.41) is 77.1. The molecule has 6 N–H and O–H groups in total. The molecule has 20 heteroatoms. The van der Waals surface area contributed by atoms with E-state index in [2.05, 4.69) is 298 Å². The number of fused-ring (bicyclic) bond motifs is 2. The van der Waals surface area contributed by atoms with Crippen LogP contribution < -0.4 is 0 Å². The first-order chi connectivity index (χ1) is 68.7. The minimum absolute atomic E-state index is 0.0486. The number of pyridine rings is 2. The standard InChI is InChI=1S/C46H54N2O2S2.C40H50N2O2S2.C38H48N4O2S2/c1-45(2,3)37-21-35(43(49)39(23-37)47-25-31-15-11-12-16-32(31)26-47)29-51-41-19-9-7-8-10-20-42(41)52-30-36-22-38(46(4,5)6)24-40(44(36)50)48-27-33-17-13-14-18-34(33)28-48;1-39(2,3)29-21-27(37(43)31(23-29)33-15-11-13-19-41-33)25-45-35-17-9-7-8-10-18-36(35)46-26-28-22-30(40(4,5)6)24-32(38(28)44)34-16-12-14-20-42-34;1-37(2,3)27-19-25(33(43)29(21-27)35-39-15-11-16-40-35)23-45-31-13-9-7-8-10-14-32(31)46-24-26-20-28(38(4,5)6)22-30(34(26)44)36-41-17-12-18-42-36/h11-18,21-28,41-42,49-50H,7-10,19-20,29-30H2,1-6H3;11-16,19-24,35-36,43-44H,7-10,17-18,25-26H2,1-6H3;11-12,15-22,31-32,43-44H,7-10,13-14,23-24H2,1-6H3. The molecule has 0 aliphatic heterocycles. The molecule has 6 heterocycles. The number of phenolic OH excluding ortho intramolecular Hbond substituents is 6. The van der Waals surface area contributed by atoms with E-state index < -0.39 is 0 Å². The molecule has 3 aliphatic rings. The van der Waals surface area contributed by atoms with Gasteiger partial charge in [0.2, 0.25) is 0 Å². The quantitative estimate of drug-likeness (QED) is 0.0332. The Morgan fingerprint density at radius 3 is 0.674 bits per heavy atom. The molecule has 144 heavy (non-hydrogen) atoms. The maximum atomic E-state index is 11.8. The van der Waals surface area contributed by atoms with Crippen LogP contribution in [0.25, 0.3) is 78.2 Å². The van der Waals surface area contributed by atoms with Gasteiger partial charge in [-0.15, -0.1) is 0 Å². The molecule has 14 nitrogen and oxygen atoms in total. The van der Waals surface area contributed by atoms with Crippen molar-refractivity contribution < 1.29 is 30.6 Å². The number of aromatic hydroxyl groups is 6. The summed E-state index contributed by atoms with van der Waals surface area (Å²) in [5.41, 5.74) is 19.0. The van der Waals surface area contributed by atoms with Gasteiger partial charge in [-0.25, -0.2) is 19.9 Å². The number of hydrogen-bond donors (Lipinski definition) is 6. The van der Waals surface area contributed by atoms with Gasteiger partial charge in [0.05, 0.1) is 33.9 Å². The van der Waals surface area contributed by atoms with Crippen LogP contribution in [0.5, 0.6) is 34.5 Å². The average molecular weight is 2040 g/mol. The van der Waals surface area contributed by atoms with Crippen molar-refractivity contribution in [2.45, 2.75) is 339 Å². The van der Waals surface area contributed by atoms with Crippen LogP contribution in [0.1, 0.15) is 307 Å². The highest BCUT2D eigenvalue weighted by atomic mass is 32.2. The Bertz CT molecular complexity index is 5920. The Hall–Kier alpha value is -9.80. The molecule has 3 saturated carbocycles. The van der Waals surface area contributed by atoms with E-state index in [1.807, 2.05) is 119 Å². The number of nitrogens with zero attached hydrogens (tertiary/aromatic N) is 8. The molecule has 0 bridgehead atoms. The first-order valence-corrected chi connectivity index (χ1v) is 58.4. The Labute approximate surface area is 883 Å². The monoisotopic (exact) mass is 2040 g/mol. The predicted octanol–water partition coefficient (Wildman–Crippen LogP) is 33.8. The van der Waals surface area contributed by atoms with Crippen molar-refractivity contribution in [3.63, 3.8) is 0 Å². The second-order valence-corrected chi connectivity index (χ2v) is 53.2. The number of thioether (sulfide) groups is 6. The second-order valence-electron chi connectivity index (χ2n) is 45.9. The van der Waals surface area contributed by atoms with E-state index in [-0.39, 0.29) is 44.0 Å². The van der Waals surface area contributed by atoms with E-state index in [4.69, 9.17) is 0 Å². The molecule has 0 saturated heterocycles. The fourth-order valence-corrected chi connectivity index (χ4v) is 28.7. The minimum atomic E-state index is -0.0808. The van der Waals surface area contributed by atoms with Crippen molar-refractivity contribution in [1.29, 1.82) is 0 Å². The van der Waals surface area contributed by atoms with Crippen LogP contribution in [0, 0.1) is 0 Å². The second kappa shape index (κ2) is 48.0. The fourth-order valence-electron chi connectivity index (χ4n) is 19.5. The maximum Gasteiger partial charge on any atom is 0.162 e.